The van der Waals surface area contributed by atoms with Crippen molar-refractivity contribution >= 4 is 0 Å². The number of rotatable bonds is 1. The normalized spacial score (nSPS) is 21.9. The van der Waals surface area contributed by atoms with Gasteiger partial charge in [0.2, 0.25) is 0 Å². The highest BCUT2D eigenvalue weighted by atomic mass is 14.7. The van der Waals surface area contributed by atoms with Crippen molar-refractivity contribution in [3.63, 3.8) is 0 Å². The quantitative estimate of drug-likeness (QED) is 0.679. The first-order chi connectivity index (χ1) is 5.92. The van der Waals surface area contributed by atoms with Crippen LogP contribution in [0.4, 0.5) is 0 Å². The summed E-state index contributed by atoms with van der Waals surface area (Å²) in [6, 6.07) is 4.18. The lowest BCUT2D eigenvalue weighted by Crippen LogP contribution is -2.19. The number of fused-ring (bicyclic) bond motifs is 1. The van der Waals surface area contributed by atoms with Gasteiger partial charge in [0.25, 0.3) is 0 Å². The first kappa shape index (κ1) is 7.74. The van der Waals surface area contributed by atoms with Gasteiger partial charge in [0.05, 0.1) is 0 Å². The average Bonchev–Trinajstić information content (AvgIpc) is 2.17. The molecule has 0 bridgehead atoms. The highest BCUT2D eigenvalue weighted by molar-refractivity contribution is 5.26. The van der Waals surface area contributed by atoms with Gasteiger partial charge in [-0.05, 0) is 30.9 Å². The molecule has 1 aliphatic carbocycles. The van der Waals surface area contributed by atoms with Crippen molar-refractivity contribution in [1.29, 1.82) is 0 Å². The van der Waals surface area contributed by atoms with Crippen LogP contribution in [0.25, 0.3) is 0 Å². The number of nitrogens with zero attached hydrogens (tertiary/aromatic N) is 1. The van der Waals surface area contributed by atoms with E-state index in [9.17, 15) is 0 Å². The molecule has 2 rings (SSSR count). The zero-order valence-electron chi connectivity index (χ0n) is 7.16. The summed E-state index contributed by atoms with van der Waals surface area (Å²) in [7, 11) is 0. The molecular formula is C10H14N2. The van der Waals surface area contributed by atoms with Gasteiger partial charge in [-0.15, -0.1) is 0 Å². The molecule has 0 fully saturated rings. The molecule has 64 valence electrons. The summed E-state index contributed by atoms with van der Waals surface area (Å²) >= 11 is 0. The van der Waals surface area contributed by atoms with Crippen molar-refractivity contribution in [2.75, 3.05) is 6.54 Å². The van der Waals surface area contributed by atoms with E-state index < -0.39 is 0 Å². The molecule has 12 heavy (non-hydrogen) atoms. The summed E-state index contributed by atoms with van der Waals surface area (Å²) < 4.78 is 0. The van der Waals surface area contributed by atoms with Gasteiger partial charge in [0, 0.05) is 24.4 Å². The third-order valence-corrected chi connectivity index (χ3v) is 2.60. The smallest absolute Gasteiger partial charge is 0.0479 e. The Balaban J connectivity index is 2.37. The Bertz CT molecular complexity index is 270. The second-order valence-electron chi connectivity index (χ2n) is 3.37. The molecule has 0 amide bonds. The molecule has 1 heterocycles. The van der Waals surface area contributed by atoms with Gasteiger partial charge in [-0.3, -0.25) is 4.98 Å². The lowest BCUT2D eigenvalue weighted by molar-refractivity contribution is 0.545. The minimum atomic E-state index is 0.509. The van der Waals surface area contributed by atoms with Gasteiger partial charge in [0.1, 0.15) is 0 Å². The number of pyridine rings is 1. The van der Waals surface area contributed by atoms with Crippen LogP contribution in [0.2, 0.25) is 0 Å². The van der Waals surface area contributed by atoms with E-state index in [1.807, 2.05) is 12.3 Å². The van der Waals surface area contributed by atoms with Crippen LogP contribution >= 0.6 is 0 Å². The second-order valence-corrected chi connectivity index (χ2v) is 3.37. The standard InChI is InChI=1S/C10H14N2/c11-7-9-4-1-3-8-5-2-6-12-10(8)9/h2,5-6,9H,1,3-4,7,11H2/t9-/m0/s1. The van der Waals surface area contributed by atoms with Gasteiger partial charge in [-0.2, -0.15) is 0 Å². The van der Waals surface area contributed by atoms with Gasteiger partial charge in [0.15, 0.2) is 0 Å². The zero-order chi connectivity index (χ0) is 8.39. The van der Waals surface area contributed by atoms with Crippen molar-refractivity contribution in [3.05, 3.63) is 29.6 Å². The summed E-state index contributed by atoms with van der Waals surface area (Å²) in [5, 5.41) is 0. The molecule has 2 N–H and O–H groups in total. The Kier molecular flexibility index (Phi) is 2.09. The van der Waals surface area contributed by atoms with Crippen LogP contribution < -0.4 is 5.73 Å². The van der Waals surface area contributed by atoms with Crippen LogP contribution in [-0.4, -0.2) is 11.5 Å². The topological polar surface area (TPSA) is 38.9 Å². The van der Waals surface area contributed by atoms with Crippen molar-refractivity contribution < 1.29 is 0 Å². The molecule has 1 aliphatic rings. The van der Waals surface area contributed by atoms with Crippen molar-refractivity contribution in [1.82, 2.24) is 4.98 Å². The maximum Gasteiger partial charge on any atom is 0.0479 e. The summed E-state index contributed by atoms with van der Waals surface area (Å²) in [4.78, 5) is 4.39. The van der Waals surface area contributed by atoms with Crippen LogP contribution in [0, 0.1) is 0 Å². The number of nitrogens with two attached hydrogens (primary N) is 1. The van der Waals surface area contributed by atoms with Crippen LogP contribution in [0.1, 0.15) is 30.0 Å². The highest BCUT2D eigenvalue weighted by Gasteiger charge is 2.19. The number of hydrogen-bond acceptors (Lipinski definition) is 2. The Morgan fingerprint density at radius 3 is 3.33 bits per heavy atom. The first-order valence-electron chi connectivity index (χ1n) is 4.55. The van der Waals surface area contributed by atoms with Crippen LogP contribution in [0.5, 0.6) is 0 Å². The van der Waals surface area contributed by atoms with E-state index in [0.717, 1.165) is 6.54 Å². The Morgan fingerprint density at radius 2 is 2.50 bits per heavy atom. The van der Waals surface area contributed by atoms with Crippen molar-refractivity contribution in [3.8, 4) is 0 Å². The summed E-state index contributed by atoms with van der Waals surface area (Å²) in [5.74, 6) is 0.509. The monoisotopic (exact) mass is 162 g/mol. The Morgan fingerprint density at radius 1 is 1.58 bits per heavy atom. The lowest BCUT2D eigenvalue weighted by atomic mass is 9.87. The SMILES string of the molecule is NC[C@@H]1CCCc2cccnc21. The molecule has 1 aromatic rings. The molecule has 2 nitrogen and oxygen atoms in total. The molecular weight excluding hydrogens is 148 g/mol. The Labute approximate surface area is 72.8 Å². The molecule has 0 aliphatic heterocycles. The maximum absolute atomic E-state index is 5.68. The predicted molar refractivity (Wildman–Crippen MR) is 49.0 cm³/mol. The Hall–Kier alpha value is -0.890. The summed E-state index contributed by atoms with van der Waals surface area (Å²) in [6.07, 6.45) is 5.52. The molecule has 0 saturated heterocycles. The van der Waals surface area contributed by atoms with Crippen LogP contribution in [0.15, 0.2) is 18.3 Å². The third kappa shape index (κ3) is 1.23. The van der Waals surface area contributed by atoms with E-state index >= 15 is 0 Å². The summed E-state index contributed by atoms with van der Waals surface area (Å²) in [5.41, 5.74) is 8.32. The molecule has 0 saturated carbocycles. The summed E-state index contributed by atoms with van der Waals surface area (Å²) in [6.45, 7) is 0.740. The molecule has 2 heteroatoms. The molecule has 0 radical (unpaired) electrons. The third-order valence-electron chi connectivity index (χ3n) is 2.60. The number of hydrogen-bond donors (Lipinski definition) is 1. The predicted octanol–water partition coefficient (Wildman–Crippen LogP) is 1.46. The van der Waals surface area contributed by atoms with E-state index in [1.165, 1.54) is 30.5 Å². The van der Waals surface area contributed by atoms with Gasteiger partial charge in [-0.25, -0.2) is 0 Å². The first-order valence-corrected chi connectivity index (χ1v) is 4.55. The number of aryl methyl sites for hydroxylation is 1. The minimum absolute atomic E-state index is 0.509. The second kappa shape index (κ2) is 3.23. The van der Waals surface area contributed by atoms with E-state index in [4.69, 9.17) is 5.73 Å². The fraction of sp³-hybridized carbons (Fsp3) is 0.500. The van der Waals surface area contributed by atoms with E-state index in [2.05, 4.69) is 11.1 Å². The van der Waals surface area contributed by atoms with Crippen LogP contribution in [-0.2, 0) is 6.42 Å². The van der Waals surface area contributed by atoms with Crippen molar-refractivity contribution in [2.45, 2.75) is 25.2 Å². The van der Waals surface area contributed by atoms with Gasteiger partial charge < -0.3 is 5.73 Å². The maximum atomic E-state index is 5.68. The fourth-order valence-electron chi connectivity index (χ4n) is 1.93. The number of aromatic nitrogens is 1. The van der Waals surface area contributed by atoms with Crippen molar-refractivity contribution in [2.24, 2.45) is 5.73 Å². The highest BCUT2D eigenvalue weighted by Crippen LogP contribution is 2.28. The van der Waals surface area contributed by atoms with Gasteiger partial charge >= 0.3 is 0 Å². The van der Waals surface area contributed by atoms with Crippen LogP contribution in [0.3, 0.4) is 0 Å². The van der Waals surface area contributed by atoms with E-state index in [1.54, 1.807) is 0 Å². The minimum Gasteiger partial charge on any atom is -0.330 e. The van der Waals surface area contributed by atoms with E-state index in [0.29, 0.717) is 5.92 Å². The average molecular weight is 162 g/mol. The fourth-order valence-corrected chi connectivity index (χ4v) is 1.93. The molecule has 1 atom stereocenters. The molecule has 1 aromatic heterocycles. The largest absolute Gasteiger partial charge is 0.330 e. The molecule has 0 aromatic carbocycles. The molecule has 0 spiro atoms. The molecule has 0 unspecified atom stereocenters. The zero-order valence-corrected chi connectivity index (χ0v) is 7.16. The van der Waals surface area contributed by atoms with Gasteiger partial charge in [-0.1, -0.05) is 6.07 Å². The lowest BCUT2D eigenvalue weighted by Gasteiger charge is -2.22. The van der Waals surface area contributed by atoms with E-state index in [-0.39, 0.29) is 0 Å².